The van der Waals surface area contributed by atoms with Crippen molar-refractivity contribution in [3.63, 3.8) is 0 Å². The number of ether oxygens (including phenoxy) is 1. The van der Waals surface area contributed by atoms with Crippen LogP contribution in [-0.2, 0) is 4.74 Å². The molecule has 0 N–H and O–H groups in total. The minimum atomic E-state index is -5.50. The summed E-state index contributed by atoms with van der Waals surface area (Å²) in [4.78, 5) is 11.0. The fourth-order valence-corrected chi connectivity index (χ4v) is 1.33. The van der Waals surface area contributed by atoms with Gasteiger partial charge in [0, 0.05) is 0 Å². The van der Waals surface area contributed by atoms with Gasteiger partial charge in [-0.25, -0.2) is 9.18 Å². The van der Waals surface area contributed by atoms with E-state index in [1.165, 1.54) is 0 Å². The van der Waals surface area contributed by atoms with E-state index in [0.717, 1.165) is 7.11 Å². The minimum Gasteiger partial charge on any atom is -0.465 e. The summed E-state index contributed by atoms with van der Waals surface area (Å²) in [6.45, 7) is -5.50. The number of carbonyl (C=O) groups is 1. The molecule has 1 aromatic rings. The van der Waals surface area contributed by atoms with Crippen molar-refractivity contribution in [2.45, 2.75) is 0 Å². The van der Waals surface area contributed by atoms with Gasteiger partial charge in [-0.15, -0.1) is 0 Å². The van der Waals surface area contributed by atoms with Crippen molar-refractivity contribution in [3.8, 4) is 0 Å². The summed E-state index contributed by atoms with van der Waals surface area (Å²) in [5, 5.41) is -0.498. The molecule has 0 saturated heterocycles. The van der Waals surface area contributed by atoms with E-state index in [0.29, 0.717) is 12.1 Å². The number of esters is 1. The van der Waals surface area contributed by atoms with E-state index in [-0.39, 0.29) is 51.4 Å². The Labute approximate surface area is 142 Å². The van der Waals surface area contributed by atoms with Crippen molar-refractivity contribution in [1.29, 1.82) is 0 Å². The maximum Gasteiger partial charge on any atom is 1.00 e. The van der Waals surface area contributed by atoms with Crippen LogP contribution in [0.2, 0.25) is 5.02 Å². The molecular weight excluding hydrogens is 289 g/mol. The molecule has 0 bridgehead atoms. The van der Waals surface area contributed by atoms with Crippen molar-refractivity contribution in [2.24, 2.45) is 0 Å². The fraction of sp³-hybridized carbons (Fsp3) is 0.125. The number of benzene rings is 1. The van der Waals surface area contributed by atoms with Crippen LogP contribution in [-0.4, -0.2) is 20.1 Å². The molecule has 0 unspecified atom stereocenters. The van der Waals surface area contributed by atoms with Crippen LogP contribution in [0, 0.1) is 5.82 Å². The number of hydrogen-bond donors (Lipinski definition) is 0. The minimum absolute atomic E-state index is 0. The topological polar surface area (TPSA) is 26.3 Å². The molecule has 0 atom stereocenters. The Hall–Kier alpha value is 0.401. The number of carbonyl (C=O) groups excluding carboxylic acids is 1. The van der Waals surface area contributed by atoms with Gasteiger partial charge in [-0.2, -0.15) is 0 Å². The Morgan fingerprint density at radius 3 is 2.29 bits per heavy atom. The Bertz CT molecular complexity index is 438. The molecule has 0 aliphatic carbocycles. The molecule has 1 aromatic carbocycles. The molecule has 17 heavy (non-hydrogen) atoms. The second-order valence-corrected chi connectivity index (χ2v) is 3.33. The van der Waals surface area contributed by atoms with E-state index in [4.69, 9.17) is 11.6 Å². The maximum absolute atomic E-state index is 13.1. The molecular formula is C8H5BClF4KO2. The third-order valence-corrected chi connectivity index (χ3v) is 2.16. The standard InChI is InChI=1S/C8H5BClF4O2.K/c1-16-8(15)4-2-7(11)5(3-6(4)10)9(12,13)14;/h2-3H,1H3;/q-1;+1. The van der Waals surface area contributed by atoms with Gasteiger partial charge in [0.1, 0.15) is 0 Å². The van der Waals surface area contributed by atoms with Gasteiger partial charge in [-0.3, -0.25) is 0 Å². The monoisotopic (exact) mass is 294 g/mol. The first kappa shape index (κ1) is 17.4. The Balaban J connectivity index is 0.00000256. The van der Waals surface area contributed by atoms with E-state index >= 15 is 0 Å². The molecule has 0 spiro atoms. The summed E-state index contributed by atoms with van der Waals surface area (Å²) >= 11 is 5.42. The zero-order valence-corrected chi connectivity index (χ0v) is 12.8. The molecule has 2 nitrogen and oxygen atoms in total. The molecule has 88 valence electrons. The van der Waals surface area contributed by atoms with Crippen LogP contribution >= 0.6 is 11.6 Å². The zero-order valence-electron chi connectivity index (χ0n) is 8.94. The summed E-state index contributed by atoms with van der Waals surface area (Å²) in [7, 11) is 1.01. The second kappa shape index (κ2) is 6.53. The smallest absolute Gasteiger partial charge is 0.465 e. The summed E-state index contributed by atoms with van der Waals surface area (Å²) < 4.78 is 54.2. The first-order valence-corrected chi connectivity index (χ1v) is 4.42. The van der Waals surface area contributed by atoms with Gasteiger partial charge in [0.2, 0.25) is 0 Å². The number of rotatable bonds is 2. The van der Waals surface area contributed by atoms with Crippen LogP contribution < -0.4 is 56.8 Å². The van der Waals surface area contributed by atoms with Gasteiger partial charge in [0.05, 0.1) is 23.5 Å². The van der Waals surface area contributed by atoms with E-state index in [2.05, 4.69) is 4.74 Å². The van der Waals surface area contributed by atoms with Gasteiger partial charge in [0.25, 0.3) is 0 Å². The Kier molecular flexibility index (Phi) is 6.69. The van der Waals surface area contributed by atoms with E-state index in [1.54, 1.807) is 0 Å². The van der Waals surface area contributed by atoms with Gasteiger partial charge in [0.15, 0.2) is 0 Å². The normalized spacial score (nSPS) is 10.7. The van der Waals surface area contributed by atoms with Gasteiger partial charge in [-0.1, -0.05) is 23.1 Å². The molecule has 0 amide bonds. The molecule has 0 radical (unpaired) electrons. The fourth-order valence-electron chi connectivity index (χ4n) is 1.08. The van der Waals surface area contributed by atoms with Gasteiger partial charge < -0.3 is 17.7 Å². The first-order valence-electron chi connectivity index (χ1n) is 4.04. The molecule has 0 aromatic heterocycles. The Morgan fingerprint density at radius 1 is 1.35 bits per heavy atom. The quantitative estimate of drug-likeness (QED) is 0.411. The van der Waals surface area contributed by atoms with Crippen LogP contribution in [0.4, 0.5) is 17.3 Å². The molecule has 0 aliphatic rings. The average molecular weight is 294 g/mol. The first-order chi connectivity index (χ1) is 7.27. The molecule has 0 fully saturated rings. The summed E-state index contributed by atoms with van der Waals surface area (Å²) in [6, 6.07) is 0.794. The third kappa shape index (κ3) is 4.22. The van der Waals surface area contributed by atoms with Crippen molar-refractivity contribution < 1.29 is 78.3 Å². The summed E-state index contributed by atoms with van der Waals surface area (Å²) in [5.74, 6) is -2.54. The van der Waals surface area contributed by atoms with Gasteiger partial charge in [-0.05, 0) is 6.07 Å². The van der Waals surface area contributed by atoms with E-state index in [9.17, 15) is 22.1 Å². The van der Waals surface area contributed by atoms with Crippen molar-refractivity contribution in [2.75, 3.05) is 7.11 Å². The van der Waals surface area contributed by atoms with Crippen LogP contribution in [0.5, 0.6) is 0 Å². The largest absolute Gasteiger partial charge is 1.00 e. The van der Waals surface area contributed by atoms with E-state index < -0.39 is 34.8 Å². The third-order valence-electron chi connectivity index (χ3n) is 1.84. The van der Waals surface area contributed by atoms with Crippen molar-refractivity contribution in [1.82, 2.24) is 0 Å². The van der Waals surface area contributed by atoms with Crippen LogP contribution in [0.1, 0.15) is 10.4 Å². The predicted octanol–water partition coefficient (Wildman–Crippen LogP) is -0.676. The van der Waals surface area contributed by atoms with E-state index in [1.807, 2.05) is 0 Å². The predicted molar refractivity (Wildman–Crippen MR) is 51.5 cm³/mol. The number of halogens is 5. The second-order valence-electron chi connectivity index (χ2n) is 2.92. The average Bonchev–Trinajstić information content (AvgIpc) is 2.18. The number of hydrogen-bond acceptors (Lipinski definition) is 2. The van der Waals surface area contributed by atoms with Crippen molar-refractivity contribution in [3.05, 3.63) is 28.5 Å². The van der Waals surface area contributed by atoms with Crippen LogP contribution in [0.25, 0.3) is 0 Å². The Morgan fingerprint density at radius 2 is 1.88 bits per heavy atom. The summed E-state index contributed by atoms with van der Waals surface area (Å²) in [5.41, 5.74) is -1.90. The van der Waals surface area contributed by atoms with Crippen molar-refractivity contribution >= 4 is 30.0 Å². The van der Waals surface area contributed by atoms with Gasteiger partial charge >= 0.3 is 64.3 Å². The number of methoxy groups -OCH3 is 1. The molecule has 9 heteroatoms. The van der Waals surface area contributed by atoms with Crippen LogP contribution in [0.15, 0.2) is 12.1 Å². The molecule has 1 rings (SSSR count). The zero-order chi connectivity index (χ0) is 12.5. The molecule has 0 heterocycles. The maximum atomic E-state index is 13.1. The van der Waals surface area contributed by atoms with Crippen LogP contribution in [0.3, 0.4) is 0 Å². The molecule has 0 saturated carbocycles. The molecule has 0 aliphatic heterocycles. The SMILES string of the molecule is COC(=O)c1cc(F)c([B-](F)(F)F)cc1Cl.[K+]. The summed E-state index contributed by atoms with van der Waals surface area (Å²) in [6.07, 6.45) is 0.